The molecule has 0 atom stereocenters. The van der Waals surface area contributed by atoms with Gasteiger partial charge in [-0.05, 0) is 36.4 Å². The van der Waals surface area contributed by atoms with Gasteiger partial charge < -0.3 is 13.5 Å². The van der Waals surface area contributed by atoms with Gasteiger partial charge >= 0.3 is 0 Å². The lowest BCUT2D eigenvalue weighted by Crippen LogP contribution is -2.01. The second-order valence-electron chi connectivity index (χ2n) is 5.14. The number of fused-ring (bicyclic) bond motifs is 1. The lowest BCUT2D eigenvalue weighted by atomic mass is 10.3. The van der Waals surface area contributed by atoms with Gasteiger partial charge in [-0.1, -0.05) is 6.07 Å². The van der Waals surface area contributed by atoms with Crippen molar-refractivity contribution in [3.63, 3.8) is 0 Å². The minimum atomic E-state index is 0.782. The van der Waals surface area contributed by atoms with Crippen LogP contribution in [0.4, 0.5) is 0 Å². The Morgan fingerprint density at radius 3 is 2.05 bits per heavy atom. The summed E-state index contributed by atoms with van der Waals surface area (Å²) < 4.78 is 6.47. The lowest BCUT2D eigenvalue weighted by molar-refractivity contribution is 0.734. The summed E-state index contributed by atoms with van der Waals surface area (Å²) in [6.45, 7) is 1.58. The van der Waals surface area contributed by atoms with Crippen molar-refractivity contribution in [2.24, 2.45) is 0 Å². The van der Waals surface area contributed by atoms with Gasteiger partial charge in [-0.2, -0.15) is 0 Å². The van der Waals surface area contributed by atoms with E-state index in [4.69, 9.17) is 4.98 Å². The number of rotatable bonds is 4. The standard InChI is InChI=1S/C17H16N4/c1-2-12-21-16(7-1)15(13-19-8-3-4-9-19)18-17(21)14-20-10-5-6-11-20/h1-12H,13-14H2. The number of nitrogens with zero attached hydrogens (tertiary/aromatic N) is 4. The Labute approximate surface area is 122 Å². The van der Waals surface area contributed by atoms with Crippen LogP contribution in [0.15, 0.2) is 73.4 Å². The summed E-state index contributed by atoms with van der Waals surface area (Å²) in [6, 6.07) is 14.4. The van der Waals surface area contributed by atoms with Crippen LogP contribution >= 0.6 is 0 Å². The Morgan fingerprint density at radius 1 is 0.714 bits per heavy atom. The van der Waals surface area contributed by atoms with E-state index in [1.807, 2.05) is 30.3 Å². The second-order valence-corrected chi connectivity index (χ2v) is 5.14. The lowest BCUT2D eigenvalue weighted by Gasteiger charge is -2.02. The van der Waals surface area contributed by atoms with Crippen LogP contribution in [0.1, 0.15) is 11.5 Å². The fraction of sp³-hybridized carbons (Fsp3) is 0.118. The van der Waals surface area contributed by atoms with E-state index in [-0.39, 0.29) is 0 Å². The van der Waals surface area contributed by atoms with Gasteiger partial charge in [-0.15, -0.1) is 0 Å². The molecular weight excluding hydrogens is 260 g/mol. The maximum Gasteiger partial charge on any atom is 0.133 e. The second kappa shape index (κ2) is 4.98. The van der Waals surface area contributed by atoms with Crippen LogP contribution in [0.2, 0.25) is 0 Å². The summed E-state index contributed by atoms with van der Waals surface area (Å²) in [5, 5.41) is 0. The summed E-state index contributed by atoms with van der Waals surface area (Å²) in [5.74, 6) is 1.06. The average Bonchev–Trinajstić information content (AvgIpc) is 3.23. The van der Waals surface area contributed by atoms with E-state index in [9.17, 15) is 0 Å². The molecule has 0 amide bonds. The Bertz CT molecular complexity index is 768. The summed E-state index contributed by atoms with van der Waals surface area (Å²) in [7, 11) is 0. The van der Waals surface area contributed by atoms with E-state index < -0.39 is 0 Å². The van der Waals surface area contributed by atoms with Crippen LogP contribution in [0.3, 0.4) is 0 Å². The predicted octanol–water partition coefficient (Wildman–Crippen LogP) is 3.03. The van der Waals surface area contributed by atoms with Crippen molar-refractivity contribution in [3.8, 4) is 0 Å². The Balaban J connectivity index is 1.77. The normalized spacial score (nSPS) is 11.2. The highest BCUT2D eigenvalue weighted by Gasteiger charge is 2.10. The largest absolute Gasteiger partial charge is 0.348 e. The number of hydrogen-bond acceptors (Lipinski definition) is 1. The fourth-order valence-electron chi connectivity index (χ4n) is 2.69. The van der Waals surface area contributed by atoms with Gasteiger partial charge in [0.2, 0.25) is 0 Å². The molecule has 0 aliphatic heterocycles. The number of imidazole rings is 1. The van der Waals surface area contributed by atoms with Crippen molar-refractivity contribution in [2.45, 2.75) is 13.1 Å². The molecule has 0 aliphatic rings. The van der Waals surface area contributed by atoms with Crippen LogP contribution in [0.5, 0.6) is 0 Å². The van der Waals surface area contributed by atoms with Crippen LogP contribution in [0, 0.1) is 0 Å². The van der Waals surface area contributed by atoms with E-state index in [0.29, 0.717) is 0 Å². The third-order valence-electron chi connectivity index (χ3n) is 3.69. The topological polar surface area (TPSA) is 27.2 Å². The molecular formula is C17H16N4. The first kappa shape index (κ1) is 12.0. The van der Waals surface area contributed by atoms with Crippen molar-refractivity contribution in [2.75, 3.05) is 0 Å². The van der Waals surface area contributed by atoms with Gasteiger partial charge in [0.05, 0.1) is 24.3 Å². The number of aromatic nitrogens is 4. The highest BCUT2D eigenvalue weighted by Crippen LogP contribution is 2.15. The van der Waals surface area contributed by atoms with Gasteiger partial charge in [0.1, 0.15) is 5.82 Å². The monoisotopic (exact) mass is 276 g/mol. The molecule has 0 unspecified atom stereocenters. The molecule has 4 aromatic heterocycles. The summed E-state index contributed by atoms with van der Waals surface area (Å²) >= 11 is 0. The quantitative estimate of drug-likeness (QED) is 0.563. The molecule has 4 nitrogen and oxygen atoms in total. The molecule has 0 radical (unpaired) electrons. The van der Waals surface area contributed by atoms with E-state index in [1.54, 1.807) is 0 Å². The van der Waals surface area contributed by atoms with Gasteiger partial charge in [0.15, 0.2) is 0 Å². The summed E-state index contributed by atoms with van der Waals surface area (Å²) in [6.07, 6.45) is 10.4. The highest BCUT2D eigenvalue weighted by atomic mass is 15.1. The van der Waals surface area contributed by atoms with E-state index in [0.717, 1.165) is 24.6 Å². The Kier molecular flexibility index (Phi) is 2.85. The zero-order valence-corrected chi connectivity index (χ0v) is 11.6. The minimum absolute atomic E-state index is 0.782. The van der Waals surface area contributed by atoms with Crippen molar-refractivity contribution in [1.29, 1.82) is 0 Å². The summed E-state index contributed by atoms with van der Waals surface area (Å²) in [4.78, 5) is 4.86. The molecule has 0 saturated carbocycles. The predicted molar refractivity (Wildman–Crippen MR) is 82.3 cm³/mol. The van der Waals surface area contributed by atoms with Crippen molar-refractivity contribution in [3.05, 3.63) is 85.0 Å². The molecule has 4 rings (SSSR count). The van der Waals surface area contributed by atoms with Crippen LogP contribution in [-0.4, -0.2) is 18.5 Å². The molecule has 104 valence electrons. The molecule has 0 fully saturated rings. The van der Waals surface area contributed by atoms with Crippen LogP contribution < -0.4 is 0 Å². The zero-order valence-electron chi connectivity index (χ0n) is 11.6. The van der Waals surface area contributed by atoms with Crippen molar-refractivity contribution >= 4 is 5.52 Å². The van der Waals surface area contributed by atoms with Gasteiger partial charge in [0, 0.05) is 31.0 Å². The third-order valence-corrected chi connectivity index (χ3v) is 3.69. The average molecular weight is 276 g/mol. The SMILES string of the molecule is c1ccn2c(Cn3cccc3)nc(Cn3cccc3)c2c1. The summed E-state index contributed by atoms with van der Waals surface area (Å²) in [5.41, 5.74) is 2.28. The highest BCUT2D eigenvalue weighted by molar-refractivity contribution is 5.53. The molecule has 4 heteroatoms. The van der Waals surface area contributed by atoms with Gasteiger partial charge in [-0.3, -0.25) is 0 Å². The van der Waals surface area contributed by atoms with Crippen molar-refractivity contribution < 1.29 is 0 Å². The van der Waals surface area contributed by atoms with Gasteiger partial charge in [-0.25, -0.2) is 4.98 Å². The first-order chi connectivity index (χ1) is 10.4. The molecule has 0 saturated heterocycles. The number of hydrogen-bond donors (Lipinski definition) is 0. The minimum Gasteiger partial charge on any atom is -0.348 e. The molecule has 21 heavy (non-hydrogen) atoms. The van der Waals surface area contributed by atoms with E-state index in [2.05, 4.69) is 56.7 Å². The molecule has 0 aliphatic carbocycles. The Hall–Kier alpha value is -2.75. The van der Waals surface area contributed by atoms with Crippen molar-refractivity contribution in [1.82, 2.24) is 18.5 Å². The number of pyridine rings is 1. The third kappa shape index (κ3) is 2.25. The smallest absolute Gasteiger partial charge is 0.133 e. The maximum atomic E-state index is 4.86. The zero-order chi connectivity index (χ0) is 14.1. The molecule has 0 N–H and O–H groups in total. The first-order valence-corrected chi connectivity index (χ1v) is 7.06. The Morgan fingerprint density at radius 2 is 1.33 bits per heavy atom. The van der Waals surface area contributed by atoms with Crippen LogP contribution in [-0.2, 0) is 13.1 Å². The van der Waals surface area contributed by atoms with E-state index >= 15 is 0 Å². The van der Waals surface area contributed by atoms with E-state index in [1.165, 1.54) is 5.52 Å². The van der Waals surface area contributed by atoms with Crippen LogP contribution in [0.25, 0.3) is 5.52 Å². The molecule has 0 spiro atoms. The first-order valence-electron chi connectivity index (χ1n) is 7.06. The molecule has 0 aromatic carbocycles. The molecule has 4 heterocycles. The van der Waals surface area contributed by atoms with Gasteiger partial charge in [0.25, 0.3) is 0 Å². The maximum absolute atomic E-state index is 4.86. The fourth-order valence-corrected chi connectivity index (χ4v) is 2.69. The molecule has 0 bridgehead atoms. The molecule has 4 aromatic rings.